The van der Waals surface area contributed by atoms with Gasteiger partial charge in [-0.3, -0.25) is 14.9 Å². The molecule has 6 nitrogen and oxygen atoms in total. The van der Waals surface area contributed by atoms with Crippen molar-refractivity contribution in [2.45, 2.75) is 25.0 Å². The van der Waals surface area contributed by atoms with Crippen LogP contribution < -0.4 is 16.8 Å². The highest BCUT2D eigenvalue weighted by Gasteiger charge is 2.17. The minimum Gasteiger partial charge on any atom is -0.480 e. The van der Waals surface area contributed by atoms with E-state index in [1.165, 1.54) is 6.92 Å². The van der Waals surface area contributed by atoms with Gasteiger partial charge in [-0.2, -0.15) is 0 Å². The van der Waals surface area contributed by atoms with E-state index >= 15 is 0 Å². The topological polar surface area (TPSA) is 118 Å². The second-order valence-electron chi connectivity index (χ2n) is 3.06. The number of hydrogen-bond donors (Lipinski definition) is 4. The molecule has 0 saturated heterocycles. The van der Waals surface area contributed by atoms with Gasteiger partial charge in [-0.1, -0.05) is 0 Å². The summed E-state index contributed by atoms with van der Waals surface area (Å²) in [5, 5.41) is 11.1. The highest BCUT2D eigenvalue weighted by Crippen LogP contribution is 1.90. The average Bonchev–Trinajstić information content (AvgIpc) is 2.04. The molecule has 0 aliphatic carbocycles. The number of nitrogens with two attached hydrogens (primary N) is 2. The molecule has 0 aromatic heterocycles. The van der Waals surface area contributed by atoms with Crippen LogP contribution in [0.2, 0.25) is 0 Å². The van der Waals surface area contributed by atoms with Crippen molar-refractivity contribution >= 4 is 12.3 Å². The minimum absolute atomic E-state index is 0.232. The molecule has 0 fully saturated rings. The summed E-state index contributed by atoms with van der Waals surface area (Å²) >= 11 is 0. The van der Waals surface area contributed by atoms with E-state index < -0.39 is 17.7 Å². The fraction of sp³-hybridized carbons (Fsp3) is 0.714. The van der Waals surface area contributed by atoms with Crippen molar-refractivity contribution < 1.29 is 14.7 Å². The molecule has 0 aromatic rings. The highest BCUT2D eigenvalue weighted by atomic mass is 16.4. The Morgan fingerprint density at radius 3 is 2.69 bits per heavy atom. The SMILES string of the molecule is C[C@@](N)(C=O)NCCC(N)C(=O)O. The van der Waals surface area contributed by atoms with E-state index in [2.05, 4.69) is 5.32 Å². The summed E-state index contributed by atoms with van der Waals surface area (Å²) in [5.74, 6) is -1.06. The Labute approximate surface area is 76.3 Å². The molecular weight excluding hydrogens is 174 g/mol. The molecule has 6 N–H and O–H groups in total. The molecule has 76 valence electrons. The number of hydrogen-bond acceptors (Lipinski definition) is 5. The van der Waals surface area contributed by atoms with Gasteiger partial charge in [0, 0.05) is 0 Å². The Bertz CT molecular complexity index is 193. The van der Waals surface area contributed by atoms with E-state index in [0.717, 1.165) is 0 Å². The third-order valence-corrected chi connectivity index (χ3v) is 1.52. The number of carboxylic acid groups (broad SMARTS) is 1. The first-order valence-corrected chi connectivity index (χ1v) is 3.87. The number of carbonyl (C=O) groups is 2. The van der Waals surface area contributed by atoms with Crippen LogP contribution in [-0.4, -0.2) is 35.6 Å². The van der Waals surface area contributed by atoms with Crippen molar-refractivity contribution in [3.05, 3.63) is 0 Å². The molecule has 0 spiro atoms. The van der Waals surface area contributed by atoms with Crippen molar-refractivity contribution in [1.82, 2.24) is 5.32 Å². The van der Waals surface area contributed by atoms with Gasteiger partial charge in [-0.15, -0.1) is 0 Å². The fourth-order valence-electron chi connectivity index (χ4n) is 0.662. The Balaban J connectivity index is 3.68. The molecule has 0 aromatic carbocycles. The molecule has 2 atom stereocenters. The number of carbonyl (C=O) groups excluding carboxylic acids is 1. The summed E-state index contributed by atoms with van der Waals surface area (Å²) in [6, 6.07) is -0.921. The summed E-state index contributed by atoms with van der Waals surface area (Å²) in [6.45, 7) is 1.78. The number of aliphatic carboxylic acids is 1. The Hall–Kier alpha value is -0.980. The standard InChI is InChI=1S/C7H15N3O3/c1-7(9,4-11)10-3-2-5(8)6(12)13/h4-5,10H,2-3,8-9H2,1H3,(H,12,13)/t5?,7-/m0/s1. The van der Waals surface area contributed by atoms with Crippen LogP contribution in [-0.2, 0) is 9.59 Å². The maximum Gasteiger partial charge on any atom is 0.320 e. The molecule has 0 aliphatic heterocycles. The summed E-state index contributed by atoms with van der Waals surface area (Å²) in [7, 11) is 0. The lowest BCUT2D eigenvalue weighted by atomic mass is 10.2. The summed E-state index contributed by atoms with van der Waals surface area (Å²) in [6.07, 6.45) is 0.787. The molecular formula is C7H15N3O3. The predicted molar refractivity (Wildman–Crippen MR) is 46.9 cm³/mol. The van der Waals surface area contributed by atoms with Crippen molar-refractivity contribution in [3.8, 4) is 0 Å². The highest BCUT2D eigenvalue weighted by molar-refractivity contribution is 5.73. The zero-order valence-electron chi connectivity index (χ0n) is 7.49. The summed E-state index contributed by atoms with van der Waals surface area (Å²) in [4.78, 5) is 20.6. The Morgan fingerprint density at radius 2 is 2.31 bits per heavy atom. The molecule has 1 unspecified atom stereocenters. The van der Waals surface area contributed by atoms with Gasteiger partial charge in [0.1, 0.15) is 11.7 Å². The fourth-order valence-corrected chi connectivity index (χ4v) is 0.662. The predicted octanol–water partition coefficient (Wildman–Crippen LogP) is -1.75. The first-order chi connectivity index (χ1) is 5.89. The third kappa shape index (κ3) is 5.29. The molecule has 0 heterocycles. The lowest BCUT2D eigenvalue weighted by Crippen LogP contribution is -2.53. The lowest BCUT2D eigenvalue weighted by Gasteiger charge is -2.19. The van der Waals surface area contributed by atoms with Crippen LogP contribution in [0, 0.1) is 0 Å². The van der Waals surface area contributed by atoms with Crippen LogP contribution in [0.4, 0.5) is 0 Å². The molecule has 0 bridgehead atoms. The smallest absolute Gasteiger partial charge is 0.320 e. The van der Waals surface area contributed by atoms with Crippen LogP contribution >= 0.6 is 0 Å². The summed E-state index contributed by atoms with van der Waals surface area (Å²) in [5.41, 5.74) is 9.52. The first-order valence-electron chi connectivity index (χ1n) is 3.87. The van der Waals surface area contributed by atoms with E-state index in [9.17, 15) is 9.59 Å². The van der Waals surface area contributed by atoms with Gasteiger partial charge in [0.05, 0.1) is 0 Å². The van der Waals surface area contributed by atoms with Crippen molar-refractivity contribution in [1.29, 1.82) is 0 Å². The Morgan fingerprint density at radius 1 is 1.77 bits per heavy atom. The summed E-state index contributed by atoms with van der Waals surface area (Å²) < 4.78 is 0. The number of aldehydes is 1. The van der Waals surface area contributed by atoms with Gasteiger partial charge in [0.2, 0.25) is 0 Å². The molecule has 0 saturated carbocycles. The maximum absolute atomic E-state index is 10.3. The van der Waals surface area contributed by atoms with Gasteiger partial charge in [-0.05, 0) is 19.9 Å². The van der Waals surface area contributed by atoms with E-state index in [1.54, 1.807) is 0 Å². The maximum atomic E-state index is 10.3. The van der Waals surface area contributed by atoms with Crippen molar-refractivity contribution in [2.75, 3.05) is 6.54 Å². The molecule has 13 heavy (non-hydrogen) atoms. The van der Waals surface area contributed by atoms with Gasteiger partial charge >= 0.3 is 5.97 Å². The van der Waals surface area contributed by atoms with E-state index in [-0.39, 0.29) is 6.42 Å². The van der Waals surface area contributed by atoms with Gasteiger partial charge in [0.15, 0.2) is 6.29 Å². The van der Waals surface area contributed by atoms with Crippen LogP contribution in [0.1, 0.15) is 13.3 Å². The monoisotopic (exact) mass is 189 g/mol. The van der Waals surface area contributed by atoms with E-state index in [4.69, 9.17) is 16.6 Å². The Kier molecular flexibility index (Phi) is 4.53. The van der Waals surface area contributed by atoms with Crippen molar-refractivity contribution in [2.24, 2.45) is 11.5 Å². The van der Waals surface area contributed by atoms with Crippen molar-refractivity contribution in [3.63, 3.8) is 0 Å². The average molecular weight is 189 g/mol. The first kappa shape index (κ1) is 12.0. The minimum atomic E-state index is -1.11. The van der Waals surface area contributed by atoms with Gasteiger partial charge in [-0.25, -0.2) is 0 Å². The molecule has 0 amide bonds. The molecule has 0 aliphatic rings. The van der Waals surface area contributed by atoms with Crippen LogP contribution in [0.3, 0.4) is 0 Å². The quantitative estimate of drug-likeness (QED) is 0.291. The largest absolute Gasteiger partial charge is 0.480 e. The van der Waals surface area contributed by atoms with Crippen LogP contribution in [0.15, 0.2) is 0 Å². The lowest BCUT2D eigenvalue weighted by molar-refractivity contribution is -0.138. The third-order valence-electron chi connectivity index (χ3n) is 1.52. The van der Waals surface area contributed by atoms with Gasteiger partial charge < -0.3 is 16.6 Å². The normalized spacial score (nSPS) is 17.5. The second kappa shape index (κ2) is 4.90. The molecule has 0 rings (SSSR count). The number of carboxylic acids is 1. The van der Waals surface area contributed by atoms with E-state index in [0.29, 0.717) is 12.8 Å². The zero-order chi connectivity index (χ0) is 10.5. The van der Waals surface area contributed by atoms with Crippen LogP contribution in [0.5, 0.6) is 0 Å². The van der Waals surface area contributed by atoms with Crippen LogP contribution in [0.25, 0.3) is 0 Å². The van der Waals surface area contributed by atoms with E-state index in [1.807, 2.05) is 0 Å². The zero-order valence-corrected chi connectivity index (χ0v) is 7.49. The number of nitrogens with one attached hydrogen (secondary N) is 1. The van der Waals surface area contributed by atoms with Gasteiger partial charge in [0.25, 0.3) is 0 Å². The molecule has 0 radical (unpaired) electrons. The second-order valence-corrected chi connectivity index (χ2v) is 3.06. The molecule has 6 heteroatoms. The number of rotatable bonds is 6.